The summed E-state index contributed by atoms with van der Waals surface area (Å²) in [7, 11) is 2.74. The van der Waals surface area contributed by atoms with Gasteiger partial charge in [0, 0.05) is 12.1 Å². The molecule has 0 aromatic heterocycles. The summed E-state index contributed by atoms with van der Waals surface area (Å²) in [5.74, 6) is 2.53. The molecule has 0 saturated heterocycles. The van der Waals surface area contributed by atoms with Crippen molar-refractivity contribution < 1.29 is 19.0 Å². The molecule has 1 rings (SSSR count). The highest BCUT2D eigenvalue weighted by atomic mass is 16.5. The first-order chi connectivity index (χ1) is 8.13. The molecule has 0 saturated carbocycles. The van der Waals surface area contributed by atoms with E-state index in [1.807, 2.05) is 0 Å². The number of ether oxygens (including phenoxy) is 3. The van der Waals surface area contributed by atoms with Crippen LogP contribution < -0.4 is 15.2 Å². The van der Waals surface area contributed by atoms with Gasteiger partial charge in [-0.25, -0.2) is 4.79 Å². The van der Waals surface area contributed by atoms with E-state index in [0.717, 1.165) is 0 Å². The van der Waals surface area contributed by atoms with E-state index in [1.165, 1.54) is 26.4 Å². The number of carbonyl (C=O) groups is 1. The van der Waals surface area contributed by atoms with Gasteiger partial charge in [0.2, 0.25) is 0 Å². The third kappa shape index (κ3) is 2.82. The van der Waals surface area contributed by atoms with Gasteiger partial charge in [-0.15, -0.1) is 6.42 Å². The molecule has 0 heterocycles. The molecule has 0 radical (unpaired) electrons. The van der Waals surface area contributed by atoms with Crippen LogP contribution in [0, 0.1) is 12.3 Å². The van der Waals surface area contributed by atoms with Gasteiger partial charge < -0.3 is 19.9 Å². The Kier molecular flexibility index (Phi) is 4.23. The van der Waals surface area contributed by atoms with Crippen molar-refractivity contribution in [1.82, 2.24) is 0 Å². The normalized spacial score (nSPS) is 9.24. The van der Waals surface area contributed by atoms with Crippen molar-refractivity contribution in [2.45, 2.75) is 0 Å². The van der Waals surface area contributed by atoms with Crippen molar-refractivity contribution in [2.24, 2.45) is 0 Å². The largest absolute Gasteiger partial charge is 0.493 e. The average molecular weight is 235 g/mol. The molecule has 1 aromatic carbocycles. The standard InChI is InChI=1S/C12H13NO4/c1-4-5-17-11-6-8(12(14)16-3)9(13)7-10(11)15-2/h1,6-7H,5,13H2,2-3H3. The Morgan fingerprint density at radius 2 is 2.12 bits per heavy atom. The predicted molar refractivity (Wildman–Crippen MR) is 63.1 cm³/mol. The molecule has 0 atom stereocenters. The zero-order valence-electron chi connectivity index (χ0n) is 9.65. The molecule has 0 fully saturated rings. The monoisotopic (exact) mass is 235 g/mol. The van der Waals surface area contributed by atoms with Crippen LogP contribution in [0.2, 0.25) is 0 Å². The van der Waals surface area contributed by atoms with Crippen LogP contribution in [0.25, 0.3) is 0 Å². The SMILES string of the molecule is C#CCOc1cc(C(=O)OC)c(N)cc1OC. The lowest BCUT2D eigenvalue weighted by Gasteiger charge is -2.12. The lowest BCUT2D eigenvalue weighted by atomic mass is 10.1. The van der Waals surface area contributed by atoms with Crippen LogP contribution in [0.4, 0.5) is 5.69 Å². The first-order valence-electron chi connectivity index (χ1n) is 4.76. The first kappa shape index (κ1) is 12.7. The van der Waals surface area contributed by atoms with Crippen LogP contribution in [0.5, 0.6) is 11.5 Å². The topological polar surface area (TPSA) is 70.8 Å². The number of terminal acetylenes is 1. The van der Waals surface area contributed by atoms with Crippen LogP contribution in [0.15, 0.2) is 12.1 Å². The molecule has 0 unspecified atom stereocenters. The number of anilines is 1. The molecule has 0 amide bonds. The summed E-state index contributed by atoms with van der Waals surface area (Å²) in [5.41, 5.74) is 6.15. The van der Waals surface area contributed by atoms with E-state index in [9.17, 15) is 4.79 Å². The fourth-order valence-corrected chi connectivity index (χ4v) is 1.25. The van der Waals surface area contributed by atoms with Gasteiger partial charge in [0.15, 0.2) is 11.5 Å². The maximum Gasteiger partial charge on any atom is 0.340 e. The summed E-state index contributed by atoms with van der Waals surface area (Å²) >= 11 is 0. The lowest BCUT2D eigenvalue weighted by Crippen LogP contribution is -2.07. The zero-order valence-corrected chi connectivity index (χ0v) is 9.65. The van der Waals surface area contributed by atoms with Crippen molar-refractivity contribution >= 4 is 11.7 Å². The number of nitrogen functional groups attached to an aromatic ring is 1. The summed E-state index contributed by atoms with van der Waals surface area (Å²) in [5, 5.41) is 0. The molecular weight excluding hydrogens is 222 g/mol. The van der Waals surface area contributed by atoms with Crippen LogP contribution in [0.3, 0.4) is 0 Å². The van der Waals surface area contributed by atoms with Gasteiger partial charge >= 0.3 is 5.97 Å². The van der Waals surface area contributed by atoms with Crippen molar-refractivity contribution in [1.29, 1.82) is 0 Å². The van der Waals surface area contributed by atoms with Gasteiger partial charge in [0.25, 0.3) is 0 Å². The van der Waals surface area contributed by atoms with Gasteiger partial charge in [-0.05, 0) is 0 Å². The summed E-state index contributed by atoms with van der Waals surface area (Å²) in [4.78, 5) is 11.4. The summed E-state index contributed by atoms with van der Waals surface area (Å²) in [6.07, 6.45) is 5.09. The molecule has 5 heteroatoms. The third-order valence-electron chi connectivity index (χ3n) is 2.05. The van der Waals surface area contributed by atoms with Gasteiger partial charge in [0.1, 0.15) is 6.61 Å². The fourth-order valence-electron chi connectivity index (χ4n) is 1.25. The van der Waals surface area contributed by atoms with Crippen LogP contribution in [0.1, 0.15) is 10.4 Å². The van der Waals surface area contributed by atoms with E-state index in [1.54, 1.807) is 0 Å². The first-order valence-corrected chi connectivity index (χ1v) is 4.76. The number of benzene rings is 1. The van der Waals surface area contributed by atoms with Gasteiger partial charge in [-0.1, -0.05) is 5.92 Å². The Hall–Kier alpha value is -2.35. The molecule has 0 bridgehead atoms. The number of esters is 1. The minimum atomic E-state index is -0.546. The van der Waals surface area contributed by atoms with Crippen LogP contribution >= 0.6 is 0 Å². The molecule has 0 aliphatic rings. The minimum absolute atomic E-state index is 0.0703. The van der Waals surface area contributed by atoms with E-state index in [0.29, 0.717) is 11.5 Å². The molecule has 17 heavy (non-hydrogen) atoms. The number of methoxy groups -OCH3 is 2. The van der Waals surface area contributed by atoms with Crippen molar-refractivity contribution in [2.75, 3.05) is 26.6 Å². The Labute approximate surface area is 99.5 Å². The van der Waals surface area contributed by atoms with E-state index in [-0.39, 0.29) is 17.9 Å². The zero-order chi connectivity index (χ0) is 12.8. The van der Waals surface area contributed by atoms with E-state index < -0.39 is 5.97 Å². The van der Waals surface area contributed by atoms with Gasteiger partial charge in [0.05, 0.1) is 25.5 Å². The van der Waals surface area contributed by atoms with Crippen molar-refractivity contribution in [3.05, 3.63) is 17.7 Å². The predicted octanol–water partition coefficient (Wildman–Crippen LogP) is 1.08. The quantitative estimate of drug-likeness (QED) is 0.480. The number of hydrogen-bond donors (Lipinski definition) is 1. The van der Waals surface area contributed by atoms with Crippen molar-refractivity contribution in [3.63, 3.8) is 0 Å². The van der Waals surface area contributed by atoms with Crippen LogP contribution in [-0.2, 0) is 4.74 Å². The maximum absolute atomic E-state index is 11.4. The number of carbonyl (C=O) groups excluding carboxylic acids is 1. The highest BCUT2D eigenvalue weighted by Crippen LogP contribution is 2.32. The second-order valence-corrected chi connectivity index (χ2v) is 3.07. The Morgan fingerprint density at radius 3 is 2.65 bits per heavy atom. The average Bonchev–Trinajstić information content (AvgIpc) is 2.35. The second kappa shape index (κ2) is 5.66. The molecule has 0 aliphatic heterocycles. The minimum Gasteiger partial charge on any atom is -0.493 e. The van der Waals surface area contributed by atoms with E-state index in [2.05, 4.69) is 10.7 Å². The molecule has 1 aromatic rings. The van der Waals surface area contributed by atoms with Gasteiger partial charge in [-0.3, -0.25) is 0 Å². The Balaban J connectivity index is 3.18. The summed E-state index contributed by atoms with van der Waals surface area (Å²) < 4.78 is 14.9. The van der Waals surface area contributed by atoms with E-state index in [4.69, 9.17) is 21.6 Å². The molecule has 2 N–H and O–H groups in total. The second-order valence-electron chi connectivity index (χ2n) is 3.07. The summed E-state index contributed by atoms with van der Waals surface area (Å²) in [6, 6.07) is 2.93. The van der Waals surface area contributed by atoms with Crippen LogP contribution in [-0.4, -0.2) is 26.8 Å². The Morgan fingerprint density at radius 1 is 1.41 bits per heavy atom. The number of rotatable bonds is 4. The lowest BCUT2D eigenvalue weighted by molar-refractivity contribution is 0.0601. The molecule has 0 spiro atoms. The molecule has 90 valence electrons. The third-order valence-corrected chi connectivity index (χ3v) is 2.05. The molecule has 5 nitrogen and oxygen atoms in total. The fraction of sp³-hybridized carbons (Fsp3) is 0.250. The highest BCUT2D eigenvalue weighted by molar-refractivity contribution is 5.96. The number of hydrogen-bond acceptors (Lipinski definition) is 5. The number of nitrogens with two attached hydrogens (primary N) is 1. The molecule has 0 aliphatic carbocycles. The Bertz CT molecular complexity index is 462. The highest BCUT2D eigenvalue weighted by Gasteiger charge is 2.15. The van der Waals surface area contributed by atoms with Gasteiger partial charge in [-0.2, -0.15) is 0 Å². The maximum atomic E-state index is 11.4. The summed E-state index contributed by atoms with van der Waals surface area (Å²) in [6.45, 7) is 0.0703. The van der Waals surface area contributed by atoms with E-state index >= 15 is 0 Å². The molecular formula is C12H13NO4. The smallest absolute Gasteiger partial charge is 0.340 e. The van der Waals surface area contributed by atoms with Crippen molar-refractivity contribution in [3.8, 4) is 23.8 Å².